The SMILES string of the molecule is C[C@@H]1CCn2nc(-c3ccc(N4CCOCC4)nc3)c(C(=O)N[C@H]3N=C(c4ccccc4)c4ccccc4NC3=O)c2O1. The summed E-state index contributed by atoms with van der Waals surface area (Å²) in [4.78, 5) is 39.2. The van der Waals surface area contributed by atoms with E-state index in [1.54, 1.807) is 10.9 Å². The molecule has 2 aromatic carbocycles. The van der Waals surface area contributed by atoms with Crippen molar-refractivity contribution in [2.75, 3.05) is 36.5 Å². The van der Waals surface area contributed by atoms with Crippen molar-refractivity contribution in [3.05, 3.63) is 89.6 Å². The smallest absolute Gasteiger partial charge is 0.269 e. The van der Waals surface area contributed by atoms with E-state index in [9.17, 15) is 9.59 Å². The summed E-state index contributed by atoms with van der Waals surface area (Å²) < 4.78 is 13.3. The van der Waals surface area contributed by atoms with E-state index < -0.39 is 18.0 Å². The molecule has 0 bridgehead atoms. The van der Waals surface area contributed by atoms with Crippen molar-refractivity contribution in [2.45, 2.75) is 32.2 Å². The first kappa shape index (κ1) is 26.8. The van der Waals surface area contributed by atoms with Gasteiger partial charge in [-0.1, -0.05) is 48.5 Å². The van der Waals surface area contributed by atoms with Crippen molar-refractivity contribution in [1.82, 2.24) is 20.1 Å². The average Bonchev–Trinajstić information content (AvgIpc) is 3.36. The molecule has 7 rings (SSSR count). The second kappa shape index (κ2) is 11.3. The molecule has 2 aromatic heterocycles. The topological polar surface area (TPSA) is 123 Å². The number of pyridine rings is 1. The van der Waals surface area contributed by atoms with Gasteiger partial charge in [0.25, 0.3) is 11.8 Å². The maximum absolute atomic E-state index is 14.1. The Balaban J connectivity index is 1.25. The number of benzene rings is 2. The highest BCUT2D eigenvalue weighted by Crippen LogP contribution is 2.35. The zero-order valence-electron chi connectivity index (χ0n) is 23.7. The first-order valence-electron chi connectivity index (χ1n) is 14.5. The summed E-state index contributed by atoms with van der Waals surface area (Å²) in [5, 5.41) is 10.6. The molecule has 11 nitrogen and oxygen atoms in total. The molecule has 3 aliphatic rings. The third kappa shape index (κ3) is 5.23. The number of morpholine rings is 1. The zero-order chi connectivity index (χ0) is 29.3. The third-order valence-corrected chi connectivity index (χ3v) is 7.81. The molecule has 0 aliphatic carbocycles. The largest absolute Gasteiger partial charge is 0.474 e. The van der Waals surface area contributed by atoms with Crippen LogP contribution in [-0.2, 0) is 16.1 Å². The number of anilines is 2. The van der Waals surface area contributed by atoms with Gasteiger partial charge in [-0.3, -0.25) is 9.59 Å². The fourth-order valence-corrected chi connectivity index (χ4v) is 5.56. The van der Waals surface area contributed by atoms with Crippen LogP contribution in [0.5, 0.6) is 5.88 Å². The number of nitrogens with one attached hydrogen (secondary N) is 2. The van der Waals surface area contributed by atoms with Gasteiger partial charge < -0.3 is 25.0 Å². The standard InChI is InChI=1S/C32H31N7O4/c1-20-13-14-39-32(43-20)26(28(37-39)22-11-12-25(33-19-22)38-15-17-42-18-16-38)30(40)36-29-31(41)34-24-10-6-5-9-23(24)27(35-29)21-7-3-2-4-8-21/h2-12,19-20,29H,13-18H2,1H3,(H,34,41)(H,36,40)/t20-,29-/m1/s1. The number of hydrogen-bond acceptors (Lipinski definition) is 8. The minimum Gasteiger partial charge on any atom is -0.474 e. The van der Waals surface area contributed by atoms with Crippen LogP contribution in [0.15, 0.2) is 77.9 Å². The molecule has 5 heterocycles. The number of ether oxygens (including phenoxy) is 2. The Morgan fingerprint density at radius 1 is 0.977 bits per heavy atom. The number of fused-ring (bicyclic) bond motifs is 2. The Hall–Kier alpha value is -5.03. The highest BCUT2D eigenvalue weighted by molar-refractivity contribution is 6.20. The molecule has 2 amide bonds. The minimum absolute atomic E-state index is 0.0937. The predicted molar refractivity (Wildman–Crippen MR) is 162 cm³/mol. The molecule has 0 unspecified atom stereocenters. The second-order valence-electron chi connectivity index (χ2n) is 10.7. The summed E-state index contributed by atoms with van der Waals surface area (Å²) in [5.41, 5.74) is 4.19. The zero-order valence-corrected chi connectivity index (χ0v) is 23.7. The maximum atomic E-state index is 14.1. The number of para-hydroxylation sites is 1. The van der Waals surface area contributed by atoms with Crippen LogP contribution >= 0.6 is 0 Å². The van der Waals surface area contributed by atoms with Crippen molar-refractivity contribution in [3.8, 4) is 17.1 Å². The van der Waals surface area contributed by atoms with Gasteiger partial charge in [0.05, 0.1) is 30.7 Å². The van der Waals surface area contributed by atoms with Crippen molar-refractivity contribution in [3.63, 3.8) is 0 Å². The van der Waals surface area contributed by atoms with Gasteiger partial charge in [-0.2, -0.15) is 5.10 Å². The van der Waals surface area contributed by atoms with Crippen molar-refractivity contribution < 1.29 is 19.1 Å². The van der Waals surface area contributed by atoms with Crippen molar-refractivity contribution in [1.29, 1.82) is 0 Å². The second-order valence-corrected chi connectivity index (χ2v) is 10.7. The Morgan fingerprint density at radius 3 is 2.56 bits per heavy atom. The van der Waals surface area contributed by atoms with E-state index >= 15 is 0 Å². The van der Waals surface area contributed by atoms with Crippen LogP contribution in [0.2, 0.25) is 0 Å². The lowest BCUT2D eigenvalue weighted by Gasteiger charge is -2.27. The molecule has 4 aromatic rings. The summed E-state index contributed by atoms with van der Waals surface area (Å²) in [7, 11) is 0. The predicted octanol–water partition coefficient (Wildman–Crippen LogP) is 3.50. The number of hydrogen-bond donors (Lipinski definition) is 2. The maximum Gasteiger partial charge on any atom is 0.269 e. The van der Waals surface area contributed by atoms with Crippen LogP contribution in [0.3, 0.4) is 0 Å². The Bertz CT molecular complexity index is 1690. The molecule has 2 N–H and O–H groups in total. The summed E-state index contributed by atoms with van der Waals surface area (Å²) >= 11 is 0. The van der Waals surface area contributed by atoms with E-state index in [1.165, 1.54) is 0 Å². The van der Waals surface area contributed by atoms with Crippen molar-refractivity contribution >= 4 is 29.0 Å². The number of nitrogens with zero attached hydrogens (tertiary/aromatic N) is 5. The number of carbonyl (C=O) groups excluding carboxylic acids is 2. The van der Waals surface area contributed by atoms with Crippen LogP contribution in [0.4, 0.5) is 11.5 Å². The van der Waals surface area contributed by atoms with Gasteiger partial charge in [0.1, 0.15) is 17.1 Å². The van der Waals surface area contributed by atoms with Crippen LogP contribution < -0.4 is 20.3 Å². The molecule has 0 spiro atoms. The molecule has 1 saturated heterocycles. The van der Waals surface area contributed by atoms with Gasteiger partial charge in [-0.05, 0) is 25.1 Å². The lowest BCUT2D eigenvalue weighted by atomic mass is 10.0. The van der Waals surface area contributed by atoms with Crippen molar-refractivity contribution in [2.24, 2.45) is 4.99 Å². The summed E-state index contributed by atoms with van der Waals surface area (Å²) in [5.74, 6) is 0.252. The van der Waals surface area contributed by atoms with Crippen LogP contribution in [-0.4, -0.2) is 70.9 Å². The first-order chi connectivity index (χ1) is 21.0. The fraction of sp³-hybridized carbons (Fsp3) is 0.281. The Labute approximate surface area is 248 Å². The number of aryl methyl sites for hydroxylation is 1. The Kier molecular flexibility index (Phi) is 7.07. The molecule has 0 saturated carbocycles. The molecule has 43 heavy (non-hydrogen) atoms. The lowest BCUT2D eigenvalue weighted by Crippen LogP contribution is -2.42. The minimum atomic E-state index is -1.19. The first-order valence-corrected chi connectivity index (χ1v) is 14.5. The molecule has 0 radical (unpaired) electrons. The van der Waals surface area contributed by atoms with Gasteiger partial charge in [0.15, 0.2) is 0 Å². The molecule has 2 atom stereocenters. The van der Waals surface area contributed by atoms with E-state index in [4.69, 9.17) is 19.6 Å². The molecule has 218 valence electrons. The number of benzodiazepines with no additional fused rings is 1. The van der Waals surface area contributed by atoms with E-state index in [0.29, 0.717) is 48.3 Å². The molecular weight excluding hydrogens is 546 g/mol. The molecular formula is C32H31N7O4. The van der Waals surface area contributed by atoms with E-state index in [2.05, 4.69) is 20.5 Å². The third-order valence-electron chi connectivity index (χ3n) is 7.81. The molecule has 11 heteroatoms. The summed E-state index contributed by atoms with van der Waals surface area (Å²) in [6.45, 7) is 5.41. The summed E-state index contributed by atoms with van der Waals surface area (Å²) in [6, 6.07) is 20.9. The fourth-order valence-electron chi connectivity index (χ4n) is 5.56. The highest BCUT2D eigenvalue weighted by Gasteiger charge is 2.34. The van der Waals surface area contributed by atoms with Crippen LogP contribution in [0.1, 0.15) is 34.8 Å². The van der Waals surface area contributed by atoms with Crippen LogP contribution in [0, 0.1) is 0 Å². The Morgan fingerprint density at radius 2 is 1.77 bits per heavy atom. The van der Waals surface area contributed by atoms with Gasteiger partial charge in [0.2, 0.25) is 12.0 Å². The van der Waals surface area contributed by atoms with Gasteiger partial charge in [0, 0.05) is 48.9 Å². The number of carbonyl (C=O) groups is 2. The molecule has 1 fully saturated rings. The number of aromatic nitrogens is 3. The van der Waals surface area contributed by atoms with E-state index in [1.807, 2.05) is 73.7 Å². The van der Waals surface area contributed by atoms with E-state index in [0.717, 1.165) is 36.5 Å². The molecule has 3 aliphatic heterocycles. The lowest BCUT2D eigenvalue weighted by molar-refractivity contribution is -0.117. The normalized spacial score (nSPS) is 19.7. The quantitative estimate of drug-likeness (QED) is 0.372. The monoisotopic (exact) mass is 577 g/mol. The van der Waals surface area contributed by atoms with Gasteiger partial charge >= 0.3 is 0 Å². The van der Waals surface area contributed by atoms with E-state index in [-0.39, 0.29) is 11.7 Å². The van der Waals surface area contributed by atoms with Crippen LogP contribution in [0.25, 0.3) is 11.3 Å². The highest BCUT2D eigenvalue weighted by atomic mass is 16.5. The van der Waals surface area contributed by atoms with Gasteiger partial charge in [-0.25, -0.2) is 14.7 Å². The number of rotatable bonds is 5. The van der Waals surface area contributed by atoms with Gasteiger partial charge in [-0.15, -0.1) is 0 Å². The number of amides is 2. The average molecular weight is 578 g/mol. The number of aliphatic imine (C=N–C) groups is 1. The summed E-state index contributed by atoms with van der Waals surface area (Å²) in [6.07, 6.45) is 1.20.